The summed E-state index contributed by atoms with van der Waals surface area (Å²) >= 11 is 1.15. The number of anilines is 2. The number of halogens is 1. The first kappa shape index (κ1) is 22.9. The van der Waals surface area contributed by atoms with Crippen molar-refractivity contribution in [2.75, 3.05) is 23.5 Å². The number of nitrogens with one attached hydrogen (secondary N) is 2. The molecule has 4 rings (SSSR count). The van der Waals surface area contributed by atoms with Gasteiger partial charge in [-0.3, -0.25) is 9.59 Å². The summed E-state index contributed by atoms with van der Waals surface area (Å²) in [7, 11) is 1.58. The molecule has 0 aliphatic carbocycles. The second-order valence-electron chi connectivity index (χ2n) is 6.91. The lowest BCUT2D eigenvalue weighted by atomic mass is 10.1. The number of carbonyl (C=O) groups is 2. The van der Waals surface area contributed by atoms with Crippen LogP contribution in [0.2, 0.25) is 0 Å². The fraction of sp³-hybridized carbons (Fsp3) is 0.0870. The summed E-state index contributed by atoms with van der Waals surface area (Å²) < 4.78 is 19.8. The lowest BCUT2D eigenvalue weighted by Crippen LogP contribution is -2.19. The van der Waals surface area contributed by atoms with Crippen LogP contribution in [0.1, 0.15) is 10.4 Å². The Morgan fingerprint density at radius 3 is 2.47 bits per heavy atom. The van der Waals surface area contributed by atoms with Gasteiger partial charge in [0, 0.05) is 5.69 Å². The molecule has 4 aromatic rings. The average Bonchev–Trinajstić information content (AvgIpc) is 3.33. The van der Waals surface area contributed by atoms with Crippen molar-refractivity contribution < 1.29 is 18.7 Å². The van der Waals surface area contributed by atoms with Gasteiger partial charge in [0.1, 0.15) is 11.6 Å². The van der Waals surface area contributed by atoms with Crippen LogP contribution in [0.4, 0.5) is 15.8 Å². The third kappa shape index (κ3) is 5.56. The smallest absolute Gasteiger partial charge is 0.257 e. The summed E-state index contributed by atoms with van der Waals surface area (Å²) in [4.78, 5) is 25.3. The fourth-order valence-electron chi connectivity index (χ4n) is 2.99. The van der Waals surface area contributed by atoms with Crippen LogP contribution in [0, 0.1) is 5.82 Å². The molecule has 0 saturated heterocycles. The maximum atomic E-state index is 13.1. The van der Waals surface area contributed by atoms with Crippen molar-refractivity contribution >= 4 is 35.0 Å². The molecule has 9 nitrogen and oxygen atoms in total. The van der Waals surface area contributed by atoms with E-state index in [4.69, 9.17) is 4.74 Å². The summed E-state index contributed by atoms with van der Waals surface area (Å²) in [6.45, 7) is 0. The van der Waals surface area contributed by atoms with E-state index < -0.39 is 11.7 Å². The number of tetrazole rings is 1. The Balaban J connectivity index is 1.40. The first-order valence-electron chi connectivity index (χ1n) is 10.0. The molecule has 2 amide bonds. The number of ether oxygens (including phenoxy) is 1. The molecule has 1 heterocycles. The minimum Gasteiger partial charge on any atom is -0.497 e. The Morgan fingerprint density at radius 1 is 1.00 bits per heavy atom. The standard InChI is InChI=1S/C23H19FN6O3S/c1-33-18-12-10-17(11-13-18)30-23(27-28-29-30)34-14-21(31)26-20-5-3-2-4-19(20)22(32)25-16-8-6-15(24)7-9-16/h2-13H,14H2,1H3,(H,25,32)(H,26,31). The van der Waals surface area contributed by atoms with E-state index in [9.17, 15) is 14.0 Å². The fourth-order valence-corrected chi connectivity index (χ4v) is 3.68. The minimum absolute atomic E-state index is 0.0183. The number of amides is 2. The first-order valence-corrected chi connectivity index (χ1v) is 11.0. The molecule has 34 heavy (non-hydrogen) atoms. The highest BCUT2D eigenvalue weighted by Crippen LogP contribution is 2.22. The number of thioether (sulfide) groups is 1. The van der Waals surface area contributed by atoms with Gasteiger partial charge in [-0.2, -0.15) is 4.68 Å². The topological polar surface area (TPSA) is 111 Å². The van der Waals surface area contributed by atoms with Crippen LogP contribution in [0.5, 0.6) is 5.75 Å². The van der Waals surface area contributed by atoms with E-state index in [1.54, 1.807) is 55.6 Å². The van der Waals surface area contributed by atoms with E-state index >= 15 is 0 Å². The third-order valence-electron chi connectivity index (χ3n) is 4.64. The molecule has 2 N–H and O–H groups in total. The number of hydrogen-bond acceptors (Lipinski definition) is 7. The average molecular weight is 479 g/mol. The van der Waals surface area contributed by atoms with Gasteiger partial charge < -0.3 is 15.4 Å². The second-order valence-corrected chi connectivity index (χ2v) is 7.86. The van der Waals surface area contributed by atoms with Gasteiger partial charge in [0.15, 0.2) is 0 Å². The Bertz CT molecular complexity index is 1290. The van der Waals surface area contributed by atoms with E-state index in [2.05, 4.69) is 26.2 Å². The summed E-state index contributed by atoms with van der Waals surface area (Å²) in [5.74, 6) is -0.451. The van der Waals surface area contributed by atoms with Crippen LogP contribution in [0.15, 0.2) is 78.0 Å². The molecule has 0 radical (unpaired) electrons. The maximum absolute atomic E-state index is 13.1. The van der Waals surface area contributed by atoms with Crippen molar-refractivity contribution in [2.24, 2.45) is 0 Å². The molecule has 172 valence electrons. The lowest BCUT2D eigenvalue weighted by Gasteiger charge is -2.11. The van der Waals surface area contributed by atoms with Crippen molar-refractivity contribution in [3.05, 3.63) is 84.2 Å². The molecule has 0 aliphatic heterocycles. The van der Waals surface area contributed by atoms with Crippen LogP contribution in [0.25, 0.3) is 5.69 Å². The van der Waals surface area contributed by atoms with Gasteiger partial charge in [-0.1, -0.05) is 23.9 Å². The van der Waals surface area contributed by atoms with E-state index in [0.717, 1.165) is 17.4 Å². The van der Waals surface area contributed by atoms with Gasteiger partial charge in [0.2, 0.25) is 11.1 Å². The van der Waals surface area contributed by atoms with Crippen molar-refractivity contribution in [2.45, 2.75) is 5.16 Å². The Hall–Kier alpha value is -4.25. The van der Waals surface area contributed by atoms with Crippen molar-refractivity contribution in [3.63, 3.8) is 0 Å². The van der Waals surface area contributed by atoms with E-state index in [1.807, 2.05) is 0 Å². The van der Waals surface area contributed by atoms with Crippen LogP contribution in [0.3, 0.4) is 0 Å². The number of hydrogen-bond donors (Lipinski definition) is 2. The number of benzene rings is 3. The van der Waals surface area contributed by atoms with Crippen molar-refractivity contribution in [1.29, 1.82) is 0 Å². The summed E-state index contributed by atoms with van der Waals surface area (Å²) in [5, 5.41) is 17.5. The van der Waals surface area contributed by atoms with Gasteiger partial charge >= 0.3 is 0 Å². The van der Waals surface area contributed by atoms with Gasteiger partial charge in [-0.25, -0.2) is 4.39 Å². The van der Waals surface area contributed by atoms with Crippen LogP contribution >= 0.6 is 11.8 Å². The predicted molar refractivity (Wildman–Crippen MR) is 126 cm³/mol. The van der Waals surface area contributed by atoms with Crippen molar-refractivity contribution in [1.82, 2.24) is 20.2 Å². The first-order chi connectivity index (χ1) is 16.5. The van der Waals surface area contributed by atoms with Crippen molar-refractivity contribution in [3.8, 4) is 11.4 Å². The van der Waals surface area contributed by atoms with Crippen LogP contribution < -0.4 is 15.4 Å². The molecule has 0 saturated carbocycles. The van der Waals surface area contributed by atoms with Gasteiger partial charge in [-0.15, -0.1) is 5.10 Å². The molecular weight excluding hydrogens is 459 g/mol. The highest BCUT2D eigenvalue weighted by Gasteiger charge is 2.16. The van der Waals surface area contributed by atoms with Gasteiger partial charge in [0.05, 0.1) is 29.8 Å². The highest BCUT2D eigenvalue weighted by atomic mass is 32.2. The summed E-state index contributed by atoms with van der Waals surface area (Å²) in [6, 6.07) is 19.2. The lowest BCUT2D eigenvalue weighted by molar-refractivity contribution is -0.113. The van der Waals surface area contributed by atoms with Crippen LogP contribution in [-0.4, -0.2) is 44.9 Å². The van der Waals surface area contributed by atoms with E-state index in [0.29, 0.717) is 22.3 Å². The molecule has 0 bridgehead atoms. The number of carbonyl (C=O) groups excluding carboxylic acids is 2. The normalized spacial score (nSPS) is 10.5. The highest BCUT2D eigenvalue weighted by molar-refractivity contribution is 7.99. The Labute approximate surface area is 198 Å². The number of methoxy groups -OCH3 is 1. The molecule has 11 heteroatoms. The zero-order valence-electron chi connectivity index (χ0n) is 17.9. The monoisotopic (exact) mass is 478 g/mol. The maximum Gasteiger partial charge on any atom is 0.257 e. The number of aromatic nitrogens is 4. The van der Waals surface area contributed by atoms with Crippen LogP contribution in [-0.2, 0) is 4.79 Å². The Kier molecular flexibility index (Phi) is 7.13. The van der Waals surface area contributed by atoms with Gasteiger partial charge in [0.25, 0.3) is 5.91 Å². The second kappa shape index (κ2) is 10.6. The SMILES string of the molecule is COc1ccc(-n2nnnc2SCC(=O)Nc2ccccc2C(=O)Nc2ccc(F)cc2)cc1. The molecule has 0 spiro atoms. The van der Waals surface area contributed by atoms with E-state index in [1.165, 1.54) is 28.9 Å². The zero-order valence-corrected chi connectivity index (χ0v) is 18.8. The molecule has 1 aromatic heterocycles. The number of rotatable bonds is 8. The molecule has 0 atom stereocenters. The summed E-state index contributed by atoms with van der Waals surface area (Å²) in [5.41, 5.74) is 1.78. The molecule has 0 unspecified atom stereocenters. The summed E-state index contributed by atoms with van der Waals surface area (Å²) in [6.07, 6.45) is 0. The predicted octanol–water partition coefficient (Wildman–Crippen LogP) is 3.79. The number of para-hydroxylation sites is 1. The van der Waals surface area contributed by atoms with Gasteiger partial charge in [-0.05, 0) is 71.1 Å². The third-order valence-corrected chi connectivity index (χ3v) is 5.56. The van der Waals surface area contributed by atoms with E-state index in [-0.39, 0.29) is 17.2 Å². The largest absolute Gasteiger partial charge is 0.497 e. The minimum atomic E-state index is -0.432. The molecule has 0 aliphatic rings. The molecule has 0 fully saturated rings. The number of nitrogens with zero attached hydrogens (tertiary/aromatic N) is 4. The zero-order chi connectivity index (χ0) is 23.9. The molecular formula is C23H19FN6O3S. The quantitative estimate of drug-likeness (QED) is 0.371. The molecule has 3 aromatic carbocycles. The Morgan fingerprint density at radius 2 is 1.74 bits per heavy atom.